The molecule has 86 valence electrons. The van der Waals surface area contributed by atoms with Gasteiger partial charge in [-0.1, -0.05) is 20.8 Å². The summed E-state index contributed by atoms with van der Waals surface area (Å²) in [6, 6.07) is 0.989. The lowest BCUT2D eigenvalue weighted by Crippen LogP contribution is -2.47. The molecule has 3 nitrogen and oxygen atoms in total. The molecule has 14 heavy (non-hydrogen) atoms. The van der Waals surface area contributed by atoms with E-state index in [0.29, 0.717) is 18.6 Å². The van der Waals surface area contributed by atoms with E-state index in [9.17, 15) is 0 Å². The van der Waals surface area contributed by atoms with E-state index < -0.39 is 0 Å². The lowest BCUT2D eigenvalue weighted by molar-refractivity contribution is 0.0975. The second-order valence-electron chi connectivity index (χ2n) is 3.73. The van der Waals surface area contributed by atoms with Crippen molar-refractivity contribution < 1.29 is 5.11 Å². The first-order valence-electron chi connectivity index (χ1n) is 5.81. The Labute approximate surface area is 88.3 Å². The van der Waals surface area contributed by atoms with Crippen molar-refractivity contribution in [2.24, 2.45) is 5.73 Å². The molecular formula is C11H26N2O. The molecule has 0 aromatic rings. The largest absolute Gasteiger partial charge is 0.395 e. The summed E-state index contributed by atoms with van der Waals surface area (Å²) in [6.07, 6.45) is 3.33. The SMILES string of the molecule is CCC(CC)N(CCO)C(CC)CN. The fourth-order valence-corrected chi connectivity index (χ4v) is 2.07. The summed E-state index contributed by atoms with van der Waals surface area (Å²) in [4.78, 5) is 2.36. The lowest BCUT2D eigenvalue weighted by Gasteiger charge is -2.36. The predicted molar refractivity (Wildman–Crippen MR) is 61.3 cm³/mol. The maximum Gasteiger partial charge on any atom is 0.0558 e. The minimum atomic E-state index is 0.229. The highest BCUT2D eigenvalue weighted by Crippen LogP contribution is 2.13. The van der Waals surface area contributed by atoms with E-state index in [1.165, 1.54) is 0 Å². The van der Waals surface area contributed by atoms with Crippen molar-refractivity contribution in [3.8, 4) is 0 Å². The quantitative estimate of drug-likeness (QED) is 0.622. The summed E-state index contributed by atoms with van der Waals surface area (Å²) in [5.74, 6) is 0. The Morgan fingerprint density at radius 1 is 1.07 bits per heavy atom. The second kappa shape index (κ2) is 8.21. The molecule has 0 saturated carbocycles. The van der Waals surface area contributed by atoms with E-state index in [4.69, 9.17) is 10.8 Å². The Morgan fingerprint density at radius 2 is 1.57 bits per heavy atom. The van der Waals surface area contributed by atoms with Crippen LogP contribution in [0.5, 0.6) is 0 Å². The Balaban J connectivity index is 4.36. The molecule has 0 aliphatic rings. The normalized spacial score (nSPS) is 13.9. The Hall–Kier alpha value is -0.120. The highest BCUT2D eigenvalue weighted by Gasteiger charge is 2.21. The van der Waals surface area contributed by atoms with Crippen LogP contribution in [0.2, 0.25) is 0 Å². The molecule has 0 rings (SSSR count). The zero-order valence-corrected chi connectivity index (χ0v) is 9.87. The summed E-state index contributed by atoms with van der Waals surface area (Å²) in [7, 11) is 0. The van der Waals surface area contributed by atoms with Crippen molar-refractivity contribution in [3.05, 3.63) is 0 Å². The van der Waals surface area contributed by atoms with E-state index >= 15 is 0 Å². The average molecular weight is 202 g/mol. The van der Waals surface area contributed by atoms with Gasteiger partial charge in [0, 0.05) is 25.2 Å². The third-order valence-corrected chi connectivity index (χ3v) is 2.98. The Kier molecular flexibility index (Phi) is 8.14. The minimum Gasteiger partial charge on any atom is -0.395 e. The Morgan fingerprint density at radius 3 is 1.86 bits per heavy atom. The molecule has 1 unspecified atom stereocenters. The molecule has 0 heterocycles. The summed E-state index contributed by atoms with van der Waals surface area (Å²) in [5, 5.41) is 9.03. The first kappa shape index (κ1) is 13.9. The van der Waals surface area contributed by atoms with Gasteiger partial charge in [-0.05, 0) is 19.3 Å². The zero-order chi connectivity index (χ0) is 11.0. The highest BCUT2D eigenvalue weighted by molar-refractivity contribution is 4.77. The Bertz CT molecular complexity index is 110. The monoisotopic (exact) mass is 202 g/mol. The van der Waals surface area contributed by atoms with Gasteiger partial charge in [-0.25, -0.2) is 0 Å². The second-order valence-corrected chi connectivity index (χ2v) is 3.73. The van der Waals surface area contributed by atoms with Gasteiger partial charge in [0.15, 0.2) is 0 Å². The van der Waals surface area contributed by atoms with Gasteiger partial charge in [0.25, 0.3) is 0 Å². The number of hydrogen-bond donors (Lipinski definition) is 2. The van der Waals surface area contributed by atoms with Gasteiger partial charge >= 0.3 is 0 Å². The molecular weight excluding hydrogens is 176 g/mol. The maximum absolute atomic E-state index is 9.03. The standard InChI is InChI=1S/C11H26N2O/c1-4-10(5-2)13(7-8-14)11(6-3)9-12/h10-11,14H,4-9,12H2,1-3H3. The molecule has 0 fully saturated rings. The number of aliphatic hydroxyl groups excluding tert-OH is 1. The van der Waals surface area contributed by atoms with Gasteiger partial charge in [0.2, 0.25) is 0 Å². The van der Waals surface area contributed by atoms with E-state index in [2.05, 4.69) is 25.7 Å². The predicted octanol–water partition coefficient (Wildman–Crippen LogP) is 1.21. The van der Waals surface area contributed by atoms with Gasteiger partial charge < -0.3 is 10.8 Å². The third-order valence-electron chi connectivity index (χ3n) is 2.98. The first-order chi connectivity index (χ1) is 6.74. The molecule has 0 saturated heterocycles. The average Bonchev–Trinajstić information content (AvgIpc) is 2.21. The number of rotatable bonds is 8. The molecule has 0 aromatic carbocycles. The molecule has 1 atom stereocenters. The van der Waals surface area contributed by atoms with Crippen molar-refractivity contribution in [3.63, 3.8) is 0 Å². The van der Waals surface area contributed by atoms with Crippen LogP contribution in [0.4, 0.5) is 0 Å². The van der Waals surface area contributed by atoms with Gasteiger partial charge in [-0.2, -0.15) is 0 Å². The molecule has 0 amide bonds. The van der Waals surface area contributed by atoms with Crippen molar-refractivity contribution in [2.45, 2.75) is 52.1 Å². The van der Waals surface area contributed by atoms with Crippen molar-refractivity contribution in [1.82, 2.24) is 4.90 Å². The van der Waals surface area contributed by atoms with E-state index in [1.54, 1.807) is 0 Å². The molecule has 0 aliphatic carbocycles. The molecule has 3 heteroatoms. The topological polar surface area (TPSA) is 49.5 Å². The third kappa shape index (κ3) is 3.95. The fraction of sp³-hybridized carbons (Fsp3) is 1.00. The number of aliphatic hydroxyl groups is 1. The van der Waals surface area contributed by atoms with Crippen LogP contribution in [0.3, 0.4) is 0 Å². The van der Waals surface area contributed by atoms with Crippen LogP contribution in [-0.2, 0) is 0 Å². The van der Waals surface area contributed by atoms with Crippen molar-refractivity contribution >= 4 is 0 Å². The van der Waals surface area contributed by atoms with Gasteiger partial charge in [-0.15, -0.1) is 0 Å². The van der Waals surface area contributed by atoms with E-state index in [0.717, 1.165) is 25.8 Å². The number of nitrogens with zero attached hydrogens (tertiary/aromatic N) is 1. The van der Waals surface area contributed by atoms with Crippen LogP contribution in [0.1, 0.15) is 40.0 Å². The smallest absolute Gasteiger partial charge is 0.0558 e. The molecule has 3 N–H and O–H groups in total. The molecule has 0 bridgehead atoms. The van der Waals surface area contributed by atoms with Crippen LogP contribution in [-0.4, -0.2) is 41.8 Å². The van der Waals surface area contributed by atoms with E-state index in [-0.39, 0.29) is 6.61 Å². The molecule has 0 aliphatic heterocycles. The molecule has 0 radical (unpaired) electrons. The number of hydrogen-bond acceptors (Lipinski definition) is 3. The fourth-order valence-electron chi connectivity index (χ4n) is 2.07. The van der Waals surface area contributed by atoms with Crippen LogP contribution < -0.4 is 5.73 Å². The van der Waals surface area contributed by atoms with Gasteiger partial charge in [-0.3, -0.25) is 4.90 Å². The summed E-state index contributed by atoms with van der Waals surface area (Å²) >= 11 is 0. The zero-order valence-electron chi connectivity index (χ0n) is 9.87. The summed E-state index contributed by atoms with van der Waals surface area (Å²) in [6.45, 7) is 8.22. The molecule has 0 spiro atoms. The van der Waals surface area contributed by atoms with Crippen LogP contribution in [0.25, 0.3) is 0 Å². The first-order valence-corrected chi connectivity index (χ1v) is 5.81. The highest BCUT2D eigenvalue weighted by atomic mass is 16.3. The number of nitrogens with two attached hydrogens (primary N) is 1. The van der Waals surface area contributed by atoms with Gasteiger partial charge in [0.05, 0.1) is 6.61 Å². The van der Waals surface area contributed by atoms with Crippen molar-refractivity contribution in [1.29, 1.82) is 0 Å². The molecule has 0 aromatic heterocycles. The van der Waals surface area contributed by atoms with Crippen LogP contribution in [0.15, 0.2) is 0 Å². The summed E-state index contributed by atoms with van der Waals surface area (Å²) in [5.41, 5.74) is 5.74. The van der Waals surface area contributed by atoms with Crippen LogP contribution in [0, 0.1) is 0 Å². The summed E-state index contributed by atoms with van der Waals surface area (Å²) < 4.78 is 0. The minimum absolute atomic E-state index is 0.229. The van der Waals surface area contributed by atoms with Crippen molar-refractivity contribution in [2.75, 3.05) is 19.7 Å². The lowest BCUT2D eigenvalue weighted by atomic mass is 10.1. The van der Waals surface area contributed by atoms with Gasteiger partial charge in [0.1, 0.15) is 0 Å². The maximum atomic E-state index is 9.03. The van der Waals surface area contributed by atoms with Crippen LogP contribution >= 0.6 is 0 Å². The van der Waals surface area contributed by atoms with E-state index in [1.807, 2.05) is 0 Å².